The Labute approximate surface area is 131 Å². The van der Waals surface area contributed by atoms with Crippen LogP contribution < -0.4 is 0 Å². The van der Waals surface area contributed by atoms with Crippen LogP contribution in [0.3, 0.4) is 0 Å². The molecule has 1 heterocycles. The highest BCUT2D eigenvalue weighted by Crippen LogP contribution is 2.31. The molecular weight excluding hydrogens is 402 g/mol. The molecule has 0 unspecified atom stereocenters. The minimum absolute atomic E-state index is 0.428. The van der Waals surface area contributed by atoms with E-state index < -0.39 is 69.2 Å². The zero-order chi connectivity index (χ0) is 19.0. The van der Waals surface area contributed by atoms with Crippen molar-refractivity contribution in [3.05, 3.63) is 0 Å². The summed E-state index contributed by atoms with van der Waals surface area (Å²) in [5, 5.41) is 9.35. The van der Waals surface area contributed by atoms with Crippen LogP contribution in [0.5, 0.6) is 0 Å². The maximum atomic E-state index is 12.1. The van der Waals surface area contributed by atoms with Gasteiger partial charge in [0.25, 0.3) is 0 Å². The Morgan fingerprint density at radius 3 is 1.88 bits per heavy atom. The van der Waals surface area contributed by atoms with E-state index in [1.54, 1.807) is 0 Å². The summed E-state index contributed by atoms with van der Waals surface area (Å²) in [4.78, 5) is 0. The van der Waals surface area contributed by atoms with Crippen molar-refractivity contribution in [2.24, 2.45) is 0 Å². The fraction of sp³-hybridized carbons (Fsp3) is 1.00. The van der Waals surface area contributed by atoms with Crippen LogP contribution in [0.1, 0.15) is 12.8 Å². The average molecular weight is 412 g/mol. The van der Waals surface area contributed by atoms with E-state index in [1.807, 2.05) is 0 Å². The van der Waals surface area contributed by atoms with Crippen LogP contribution in [-0.4, -0.2) is 58.1 Å². The van der Waals surface area contributed by atoms with Gasteiger partial charge in [0.15, 0.2) is 6.29 Å². The molecule has 1 aliphatic rings. The quantitative estimate of drug-likeness (QED) is 0.396. The summed E-state index contributed by atoms with van der Waals surface area (Å²) in [6, 6.07) is 0. The maximum Gasteiger partial charge on any atom is 0.523 e. The summed E-state index contributed by atoms with van der Waals surface area (Å²) in [7, 11) is -11.9. The van der Waals surface area contributed by atoms with Crippen LogP contribution in [0, 0.1) is 0 Å². The monoisotopic (exact) mass is 412 g/mol. The number of halogens is 6. The average Bonchev–Trinajstić information content (AvgIpc) is 2.36. The molecule has 1 N–H and O–H groups in total. The Bertz CT molecular complexity index is 638. The Morgan fingerprint density at radius 2 is 1.46 bits per heavy atom. The topological polar surface area (TPSA) is 116 Å². The van der Waals surface area contributed by atoms with Crippen LogP contribution in [-0.2, 0) is 33.3 Å². The molecule has 0 aliphatic carbocycles. The Morgan fingerprint density at radius 1 is 0.958 bits per heavy atom. The summed E-state index contributed by atoms with van der Waals surface area (Å²) in [6.07, 6.45) is -6.66. The number of alkyl halides is 6. The van der Waals surface area contributed by atoms with Crippen LogP contribution in [0.25, 0.3) is 0 Å². The highest BCUT2D eigenvalue weighted by Gasteiger charge is 2.51. The maximum absolute atomic E-state index is 12.1. The molecule has 3 atom stereocenters. The zero-order valence-electron chi connectivity index (χ0n) is 11.2. The summed E-state index contributed by atoms with van der Waals surface area (Å²) < 4.78 is 127. The van der Waals surface area contributed by atoms with Crippen LogP contribution >= 0.6 is 0 Å². The lowest BCUT2D eigenvalue weighted by atomic mass is 10.1. The third-order valence-corrected chi connectivity index (χ3v) is 4.73. The van der Waals surface area contributed by atoms with Gasteiger partial charge in [0, 0.05) is 0 Å². The molecule has 144 valence electrons. The second-order valence-electron chi connectivity index (χ2n) is 4.44. The predicted molar refractivity (Wildman–Crippen MR) is 60.9 cm³/mol. The molecule has 0 aromatic carbocycles. The van der Waals surface area contributed by atoms with Crippen molar-refractivity contribution in [3.8, 4) is 0 Å². The van der Waals surface area contributed by atoms with Gasteiger partial charge < -0.3 is 9.84 Å². The van der Waals surface area contributed by atoms with Gasteiger partial charge in [-0.25, -0.2) is 0 Å². The minimum Gasteiger partial charge on any atom is -0.366 e. The van der Waals surface area contributed by atoms with Gasteiger partial charge >= 0.3 is 31.3 Å². The number of hydrogen-bond acceptors (Lipinski definition) is 8. The first-order valence-electron chi connectivity index (χ1n) is 5.85. The van der Waals surface area contributed by atoms with Crippen LogP contribution in [0.4, 0.5) is 26.3 Å². The highest BCUT2D eigenvalue weighted by molar-refractivity contribution is 7.87. The molecule has 0 radical (unpaired) electrons. The second-order valence-corrected chi connectivity index (χ2v) is 7.62. The van der Waals surface area contributed by atoms with Crippen molar-refractivity contribution in [2.75, 3.05) is 6.61 Å². The molecule has 0 spiro atoms. The van der Waals surface area contributed by atoms with E-state index in [1.165, 1.54) is 0 Å². The van der Waals surface area contributed by atoms with E-state index >= 15 is 0 Å². The third kappa shape index (κ3) is 5.16. The first kappa shape index (κ1) is 21.4. The Hall–Kier alpha value is -0.680. The van der Waals surface area contributed by atoms with Crippen molar-refractivity contribution in [2.45, 2.75) is 42.4 Å². The molecule has 1 saturated heterocycles. The molecule has 8 nitrogen and oxygen atoms in total. The summed E-state index contributed by atoms with van der Waals surface area (Å²) in [5.41, 5.74) is -11.4. The van der Waals surface area contributed by atoms with Gasteiger partial charge in [0.05, 0.1) is 12.7 Å². The molecule has 1 rings (SSSR count). The molecule has 24 heavy (non-hydrogen) atoms. The minimum atomic E-state index is -6.02. The molecule has 1 aliphatic heterocycles. The van der Waals surface area contributed by atoms with Gasteiger partial charge in [-0.3, -0.25) is 8.37 Å². The Balaban J connectivity index is 2.61. The number of ether oxygens (including phenoxy) is 1. The predicted octanol–water partition coefficient (Wildman–Crippen LogP) is 0.585. The SMILES string of the molecule is O=S(=O)(OC[C@@H]1CC[C@@H](OS(=O)(=O)C(F)(F)F)[C@@H](O)O1)C(F)(F)F. The summed E-state index contributed by atoms with van der Waals surface area (Å²) in [6.45, 7) is -1.18. The van der Waals surface area contributed by atoms with E-state index in [9.17, 15) is 48.3 Å². The third-order valence-electron chi connectivity index (χ3n) is 2.65. The first-order valence-corrected chi connectivity index (χ1v) is 8.67. The van der Waals surface area contributed by atoms with Gasteiger partial charge in [-0.05, 0) is 12.8 Å². The van der Waals surface area contributed by atoms with E-state index in [0.717, 1.165) is 0 Å². The van der Waals surface area contributed by atoms with Crippen molar-refractivity contribution in [3.63, 3.8) is 0 Å². The largest absolute Gasteiger partial charge is 0.523 e. The smallest absolute Gasteiger partial charge is 0.366 e. The molecule has 0 bridgehead atoms. The fourth-order valence-electron chi connectivity index (χ4n) is 1.51. The molecule has 1 fully saturated rings. The normalized spacial score (nSPS) is 27.2. The lowest BCUT2D eigenvalue weighted by Gasteiger charge is -2.32. The van der Waals surface area contributed by atoms with E-state index in [4.69, 9.17) is 0 Å². The van der Waals surface area contributed by atoms with Gasteiger partial charge in [-0.15, -0.1) is 0 Å². The van der Waals surface area contributed by atoms with Crippen molar-refractivity contribution < 1.29 is 61.4 Å². The van der Waals surface area contributed by atoms with E-state index in [0.29, 0.717) is 0 Å². The van der Waals surface area contributed by atoms with Crippen molar-refractivity contribution in [1.29, 1.82) is 0 Å². The van der Waals surface area contributed by atoms with Crippen molar-refractivity contribution >= 4 is 20.2 Å². The molecule has 16 heteroatoms. The second kappa shape index (κ2) is 6.91. The van der Waals surface area contributed by atoms with Gasteiger partial charge in [0.1, 0.15) is 6.10 Å². The van der Waals surface area contributed by atoms with E-state index in [-0.39, 0.29) is 0 Å². The lowest BCUT2D eigenvalue weighted by molar-refractivity contribution is -0.215. The van der Waals surface area contributed by atoms with Gasteiger partial charge in [-0.1, -0.05) is 0 Å². The summed E-state index contributed by atoms with van der Waals surface area (Å²) >= 11 is 0. The molecule has 0 saturated carbocycles. The van der Waals surface area contributed by atoms with Gasteiger partial charge in [0.2, 0.25) is 0 Å². The number of rotatable bonds is 5. The van der Waals surface area contributed by atoms with Crippen LogP contribution in [0.2, 0.25) is 0 Å². The first-order chi connectivity index (χ1) is 10.6. The van der Waals surface area contributed by atoms with Crippen molar-refractivity contribution in [1.82, 2.24) is 0 Å². The lowest BCUT2D eigenvalue weighted by Crippen LogP contribution is -2.45. The Kier molecular flexibility index (Phi) is 6.15. The van der Waals surface area contributed by atoms with Crippen LogP contribution in [0.15, 0.2) is 0 Å². The standard InChI is InChI=1S/C8H10F6O8S2/c9-7(10,11)23(16,17)20-3-4-1-2-5(6(15)21-4)22-24(18,19)8(12,13)14/h4-6,15H,1-3H2/t4-,5+,6-/m0/s1. The number of aliphatic hydroxyl groups excluding tert-OH is 1. The number of hydrogen-bond donors (Lipinski definition) is 1. The molecule has 0 aromatic heterocycles. The molecule has 0 aromatic rings. The highest BCUT2D eigenvalue weighted by atomic mass is 32.2. The summed E-state index contributed by atoms with van der Waals surface area (Å²) in [5.74, 6) is 0. The van der Waals surface area contributed by atoms with Gasteiger partial charge in [-0.2, -0.15) is 43.2 Å². The number of aliphatic hydroxyl groups is 1. The molecular formula is C8H10F6O8S2. The fourth-order valence-corrected chi connectivity index (χ4v) is 2.60. The molecule has 0 amide bonds. The van der Waals surface area contributed by atoms with E-state index in [2.05, 4.69) is 13.1 Å². The zero-order valence-corrected chi connectivity index (χ0v) is 12.9.